The van der Waals surface area contributed by atoms with Crippen LogP contribution in [0.2, 0.25) is 0 Å². The Morgan fingerprint density at radius 1 is 1.07 bits per heavy atom. The molecule has 0 aromatic carbocycles. The lowest BCUT2D eigenvalue weighted by Crippen LogP contribution is -2.53. The molecule has 29 heavy (non-hydrogen) atoms. The van der Waals surface area contributed by atoms with Crippen molar-refractivity contribution in [1.82, 2.24) is 14.9 Å². The fraction of sp³-hybridized carbons (Fsp3) is 0.789. The number of likely N-dealkylation sites (tertiary alicyclic amines) is 1. The number of halogens is 3. The van der Waals surface area contributed by atoms with Gasteiger partial charge in [-0.1, -0.05) is 0 Å². The van der Waals surface area contributed by atoms with Crippen LogP contribution in [0, 0.1) is 0 Å². The molecule has 3 heterocycles. The number of nitrogens with zero attached hydrogens (tertiary/aromatic N) is 4. The van der Waals surface area contributed by atoms with Crippen molar-refractivity contribution < 1.29 is 27.8 Å². The first kappa shape index (κ1) is 20.8. The Morgan fingerprint density at radius 3 is 2.28 bits per heavy atom. The van der Waals surface area contributed by atoms with Gasteiger partial charge in [0.15, 0.2) is 0 Å². The largest absolute Gasteiger partial charge is 0.433 e. The number of rotatable bonds is 5. The Kier molecular flexibility index (Phi) is 5.97. The third-order valence-electron chi connectivity index (χ3n) is 5.73. The summed E-state index contributed by atoms with van der Waals surface area (Å²) in [6.07, 6.45) is 0.0815. The number of alkyl halides is 3. The Hall–Kier alpha value is -1.49. The first-order valence-electron chi connectivity index (χ1n) is 10.1. The van der Waals surface area contributed by atoms with Gasteiger partial charge < -0.3 is 24.4 Å². The maximum absolute atomic E-state index is 13.1. The second-order valence-electron chi connectivity index (χ2n) is 8.23. The van der Waals surface area contributed by atoms with Crippen LogP contribution in [0.4, 0.5) is 19.0 Å². The smallest absolute Gasteiger partial charge is 0.384 e. The first-order valence-corrected chi connectivity index (χ1v) is 10.1. The zero-order valence-electron chi connectivity index (χ0n) is 16.3. The fourth-order valence-corrected chi connectivity index (χ4v) is 4.22. The molecule has 0 atom stereocenters. The number of hydrogen-bond acceptors (Lipinski definition) is 7. The molecule has 162 valence electrons. The third-order valence-corrected chi connectivity index (χ3v) is 5.73. The van der Waals surface area contributed by atoms with E-state index < -0.39 is 17.5 Å². The molecule has 2 aliphatic heterocycles. The van der Waals surface area contributed by atoms with E-state index in [1.165, 1.54) is 0 Å². The van der Waals surface area contributed by atoms with Crippen molar-refractivity contribution in [3.05, 3.63) is 18.1 Å². The Morgan fingerprint density at radius 2 is 1.69 bits per heavy atom. The molecule has 0 amide bonds. The van der Waals surface area contributed by atoms with Crippen molar-refractivity contribution in [2.24, 2.45) is 0 Å². The lowest BCUT2D eigenvalue weighted by atomic mass is 9.99. The van der Waals surface area contributed by atoms with Crippen molar-refractivity contribution in [2.75, 3.05) is 51.0 Å². The highest BCUT2D eigenvalue weighted by Crippen LogP contribution is 2.37. The van der Waals surface area contributed by atoms with Crippen molar-refractivity contribution >= 4 is 5.82 Å². The van der Waals surface area contributed by atoms with Crippen LogP contribution < -0.4 is 4.90 Å². The second-order valence-corrected chi connectivity index (χ2v) is 8.23. The van der Waals surface area contributed by atoms with E-state index in [9.17, 15) is 18.3 Å². The Labute approximate surface area is 167 Å². The molecule has 1 aliphatic carbocycles. The minimum absolute atomic E-state index is 0.131. The molecule has 10 heteroatoms. The van der Waals surface area contributed by atoms with Gasteiger partial charge in [-0.2, -0.15) is 13.2 Å². The van der Waals surface area contributed by atoms with Crippen LogP contribution in [0.5, 0.6) is 0 Å². The zero-order chi connectivity index (χ0) is 20.5. The van der Waals surface area contributed by atoms with E-state index in [0.717, 1.165) is 51.2 Å². The molecule has 3 aliphatic rings. The molecule has 0 bridgehead atoms. The molecule has 1 saturated carbocycles. The number of anilines is 1. The maximum atomic E-state index is 13.1. The summed E-state index contributed by atoms with van der Waals surface area (Å²) in [4.78, 5) is 11.8. The molecule has 0 radical (unpaired) electrons. The van der Waals surface area contributed by atoms with E-state index in [-0.39, 0.29) is 25.3 Å². The van der Waals surface area contributed by atoms with Crippen LogP contribution in [-0.4, -0.2) is 83.7 Å². The topological polar surface area (TPSA) is 71.0 Å². The predicted octanol–water partition coefficient (Wildman–Crippen LogP) is 1.71. The number of piperidine rings is 1. The van der Waals surface area contributed by atoms with Crippen LogP contribution >= 0.6 is 0 Å². The van der Waals surface area contributed by atoms with Crippen LogP contribution in [0.15, 0.2) is 12.4 Å². The minimum atomic E-state index is -4.48. The first-order chi connectivity index (χ1) is 13.8. The van der Waals surface area contributed by atoms with E-state index >= 15 is 0 Å². The van der Waals surface area contributed by atoms with Crippen LogP contribution in [0.3, 0.4) is 0 Å². The van der Waals surface area contributed by atoms with Gasteiger partial charge in [0.25, 0.3) is 0 Å². The third kappa shape index (κ3) is 5.17. The molecule has 0 unspecified atom stereocenters. The Bertz CT molecular complexity index is 686. The molecular formula is C19H27F3N4O3. The summed E-state index contributed by atoms with van der Waals surface area (Å²) in [6, 6.07) is 1.44. The van der Waals surface area contributed by atoms with Gasteiger partial charge in [0.1, 0.15) is 23.4 Å². The average Bonchev–Trinajstić information content (AvgIpc) is 3.52. The molecule has 0 spiro atoms. The summed E-state index contributed by atoms with van der Waals surface area (Å²) < 4.78 is 50.1. The Balaban J connectivity index is 1.40. The second kappa shape index (κ2) is 8.33. The zero-order valence-corrected chi connectivity index (χ0v) is 16.3. The number of β-amino-alcohol motifs (C(OH)–C–C–N with tert-alkyl or cyclic N) is 1. The normalized spacial score (nSPS) is 24.3. The lowest BCUT2D eigenvalue weighted by molar-refractivity contribution is -0.141. The van der Waals surface area contributed by atoms with E-state index in [0.29, 0.717) is 25.6 Å². The minimum Gasteiger partial charge on any atom is -0.384 e. The summed E-state index contributed by atoms with van der Waals surface area (Å²) in [5.41, 5.74) is -1.92. The van der Waals surface area contributed by atoms with E-state index in [1.807, 2.05) is 0 Å². The molecular weight excluding hydrogens is 389 g/mol. The average molecular weight is 416 g/mol. The standard InChI is InChI=1S/C19H27F3N4O3/c20-19(21,22)16-9-17(24-13-23-16)26(14-1-2-14)15-3-5-25(6-4-15)10-18(27)11-28-7-8-29-12-18/h9,13-15,27H,1-8,10-12H2. The quantitative estimate of drug-likeness (QED) is 0.784. The van der Waals surface area contributed by atoms with Crippen molar-refractivity contribution in [1.29, 1.82) is 0 Å². The van der Waals surface area contributed by atoms with Gasteiger partial charge in [0, 0.05) is 37.8 Å². The van der Waals surface area contributed by atoms with E-state index in [4.69, 9.17) is 9.47 Å². The molecule has 1 aromatic rings. The van der Waals surface area contributed by atoms with E-state index in [2.05, 4.69) is 19.8 Å². The van der Waals surface area contributed by atoms with Gasteiger partial charge in [0.05, 0.1) is 26.4 Å². The summed E-state index contributed by atoms with van der Waals surface area (Å²) in [5.74, 6) is 0.359. The SMILES string of the molecule is OC1(CN2CCC(N(c3cc(C(F)(F)F)ncn3)C3CC3)CC2)COCCOC1. The highest BCUT2D eigenvalue weighted by molar-refractivity contribution is 5.44. The summed E-state index contributed by atoms with van der Waals surface area (Å²) >= 11 is 0. The van der Waals surface area contributed by atoms with Gasteiger partial charge in [0.2, 0.25) is 0 Å². The van der Waals surface area contributed by atoms with Crippen LogP contribution in [0.25, 0.3) is 0 Å². The molecule has 4 rings (SSSR count). The van der Waals surface area contributed by atoms with E-state index in [1.54, 1.807) is 0 Å². The van der Waals surface area contributed by atoms with Gasteiger partial charge in [-0.05, 0) is 25.7 Å². The van der Waals surface area contributed by atoms with Crippen molar-refractivity contribution in [2.45, 2.75) is 49.5 Å². The molecule has 3 fully saturated rings. The molecule has 1 N–H and O–H groups in total. The molecule has 7 nitrogen and oxygen atoms in total. The van der Waals surface area contributed by atoms with Gasteiger partial charge >= 0.3 is 6.18 Å². The van der Waals surface area contributed by atoms with Crippen LogP contribution in [-0.2, 0) is 15.7 Å². The van der Waals surface area contributed by atoms with Crippen molar-refractivity contribution in [3.63, 3.8) is 0 Å². The highest BCUT2D eigenvalue weighted by atomic mass is 19.4. The number of aromatic nitrogens is 2. The van der Waals surface area contributed by atoms with Crippen LogP contribution in [0.1, 0.15) is 31.4 Å². The fourth-order valence-electron chi connectivity index (χ4n) is 4.22. The summed E-state index contributed by atoms with van der Waals surface area (Å²) in [6.45, 7) is 3.46. The van der Waals surface area contributed by atoms with Gasteiger partial charge in [-0.25, -0.2) is 9.97 Å². The van der Waals surface area contributed by atoms with Gasteiger partial charge in [-0.3, -0.25) is 0 Å². The predicted molar refractivity (Wildman–Crippen MR) is 98.6 cm³/mol. The summed E-state index contributed by atoms with van der Waals surface area (Å²) in [7, 11) is 0. The lowest BCUT2D eigenvalue weighted by Gasteiger charge is -2.41. The number of aliphatic hydroxyl groups is 1. The monoisotopic (exact) mass is 416 g/mol. The highest BCUT2D eigenvalue weighted by Gasteiger charge is 2.40. The molecule has 1 aromatic heterocycles. The molecule has 2 saturated heterocycles. The summed E-state index contributed by atoms with van der Waals surface area (Å²) in [5, 5.41) is 10.7. The number of hydrogen-bond donors (Lipinski definition) is 1. The maximum Gasteiger partial charge on any atom is 0.433 e. The number of ether oxygens (including phenoxy) is 2. The van der Waals surface area contributed by atoms with Crippen molar-refractivity contribution in [3.8, 4) is 0 Å². The van der Waals surface area contributed by atoms with Gasteiger partial charge in [-0.15, -0.1) is 0 Å².